The summed E-state index contributed by atoms with van der Waals surface area (Å²) in [7, 11) is 0. The van der Waals surface area contributed by atoms with Crippen molar-refractivity contribution in [2.75, 3.05) is 13.2 Å². The van der Waals surface area contributed by atoms with Crippen molar-refractivity contribution in [3.8, 4) is 5.75 Å². The van der Waals surface area contributed by atoms with Gasteiger partial charge in [-0.15, -0.1) is 11.3 Å². The third-order valence-electron chi connectivity index (χ3n) is 2.86. The van der Waals surface area contributed by atoms with Gasteiger partial charge in [0.1, 0.15) is 11.6 Å². The fraction of sp³-hybridized carbons (Fsp3) is 0.438. The molecule has 0 aliphatic carbocycles. The predicted octanol–water partition coefficient (Wildman–Crippen LogP) is 3.65. The lowest BCUT2D eigenvalue weighted by atomic mass is 10.2. The van der Waals surface area contributed by atoms with Gasteiger partial charge in [-0.05, 0) is 36.7 Å². The number of hydrogen-bond donors (Lipinski definition) is 1. The fourth-order valence-electron chi connectivity index (χ4n) is 1.82. The highest BCUT2D eigenvalue weighted by Gasteiger charge is 2.03. The second-order valence-electron chi connectivity index (χ2n) is 5.31. The molecule has 21 heavy (non-hydrogen) atoms. The van der Waals surface area contributed by atoms with Gasteiger partial charge in [0.05, 0.1) is 17.3 Å². The van der Waals surface area contributed by atoms with Gasteiger partial charge in [0.15, 0.2) is 0 Å². The lowest BCUT2D eigenvalue weighted by Crippen LogP contribution is -2.19. The largest absolute Gasteiger partial charge is 0.493 e. The average Bonchev–Trinajstić information content (AvgIpc) is 2.88. The summed E-state index contributed by atoms with van der Waals surface area (Å²) in [6.45, 7) is 6.74. The van der Waals surface area contributed by atoms with Crippen molar-refractivity contribution < 1.29 is 9.13 Å². The Morgan fingerprint density at radius 2 is 2.05 bits per heavy atom. The quantitative estimate of drug-likeness (QED) is 0.808. The van der Waals surface area contributed by atoms with Gasteiger partial charge in [-0.2, -0.15) is 0 Å². The first-order chi connectivity index (χ1) is 10.1. The zero-order valence-electron chi connectivity index (χ0n) is 12.4. The van der Waals surface area contributed by atoms with E-state index >= 15 is 0 Å². The first-order valence-corrected chi connectivity index (χ1v) is 8.04. The first-order valence-electron chi connectivity index (χ1n) is 7.16. The Hall–Kier alpha value is -1.46. The highest BCUT2D eigenvalue weighted by Crippen LogP contribution is 2.14. The summed E-state index contributed by atoms with van der Waals surface area (Å²) in [5.41, 5.74) is 1.08. The Bertz CT molecular complexity index is 539. The van der Waals surface area contributed by atoms with E-state index in [0.29, 0.717) is 18.3 Å². The van der Waals surface area contributed by atoms with Gasteiger partial charge in [0.2, 0.25) is 0 Å². The molecular formula is C16H21FN2OS. The van der Waals surface area contributed by atoms with Crippen LogP contribution in [0.2, 0.25) is 0 Å². The number of benzene rings is 1. The van der Waals surface area contributed by atoms with Gasteiger partial charge in [0, 0.05) is 18.3 Å². The van der Waals surface area contributed by atoms with Crippen LogP contribution in [-0.2, 0) is 13.0 Å². The Kier molecular flexibility index (Phi) is 6.14. The van der Waals surface area contributed by atoms with Crippen molar-refractivity contribution in [1.29, 1.82) is 0 Å². The molecule has 0 unspecified atom stereocenters. The van der Waals surface area contributed by atoms with Crippen molar-refractivity contribution in [2.45, 2.75) is 26.8 Å². The lowest BCUT2D eigenvalue weighted by Gasteiger charge is -2.05. The van der Waals surface area contributed by atoms with Gasteiger partial charge in [-0.1, -0.05) is 13.8 Å². The molecule has 0 fully saturated rings. The third-order valence-corrected chi connectivity index (χ3v) is 3.81. The maximum absolute atomic E-state index is 12.8. The summed E-state index contributed by atoms with van der Waals surface area (Å²) in [4.78, 5) is 4.57. The van der Waals surface area contributed by atoms with E-state index in [1.807, 2.05) is 0 Å². The van der Waals surface area contributed by atoms with E-state index in [1.54, 1.807) is 23.5 Å². The maximum atomic E-state index is 12.8. The molecule has 1 heterocycles. The summed E-state index contributed by atoms with van der Waals surface area (Å²) in [5.74, 6) is 1.08. The topological polar surface area (TPSA) is 34.1 Å². The van der Waals surface area contributed by atoms with Gasteiger partial charge in [-0.25, -0.2) is 9.37 Å². The zero-order chi connectivity index (χ0) is 15.1. The molecule has 0 atom stereocenters. The molecular weight excluding hydrogens is 287 g/mol. The van der Waals surface area contributed by atoms with Crippen molar-refractivity contribution in [1.82, 2.24) is 10.3 Å². The summed E-state index contributed by atoms with van der Waals surface area (Å²) >= 11 is 1.65. The molecule has 0 saturated carbocycles. The second kappa shape index (κ2) is 8.10. The molecule has 0 aliphatic heterocycles. The van der Waals surface area contributed by atoms with E-state index in [9.17, 15) is 4.39 Å². The Morgan fingerprint density at radius 1 is 1.29 bits per heavy atom. The Balaban J connectivity index is 1.71. The normalized spacial score (nSPS) is 11.0. The maximum Gasteiger partial charge on any atom is 0.123 e. The van der Waals surface area contributed by atoms with Gasteiger partial charge in [-0.3, -0.25) is 0 Å². The molecule has 114 valence electrons. The molecule has 0 radical (unpaired) electrons. The standard InChI is InChI=1S/C16H21FN2OS/c1-12(2)9-18-10-14-11-21-16(19-14)7-8-20-15-5-3-13(17)4-6-15/h3-6,11-12,18H,7-10H2,1-2H3. The third kappa shape index (κ3) is 5.81. The van der Waals surface area contributed by atoms with E-state index in [1.165, 1.54) is 12.1 Å². The summed E-state index contributed by atoms with van der Waals surface area (Å²) < 4.78 is 18.3. The van der Waals surface area contributed by atoms with Crippen LogP contribution >= 0.6 is 11.3 Å². The molecule has 0 saturated heterocycles. The molecule has 2 aromatic rings. The van der Waals surface area contributed by atoms with E-state index in [2.05, 4.69) is 29.5 Å². The number of aromatic nitrogens is 1. The smallest absolute Gasteiger partial charge is 0.123 e. The Labute approximate surface area is 129 Å². The minimum atomic E-state index is -0.249. The number of hydrogen-bond acceptors (Lipinski definition) is 4. The minimum absolute atomic E-state index is 0.249. The summed E-state index contributed by atoms with van der Waals surface area (Å²) in [5, 5.41) is 6.53. The van der Waals surface area contributed by atoms with Crippen LogP contribution in [-0.4, -0.2) is 18.1 Å². The van der Waals surface area contributed by atoms with E-state index in [-0.39, 0.29) is 5.82 Å². The van der Waals surface area contributed by atoms with Crippen LogP contribution in [0.5, 0.6) is 5.75 Å². The zero-order valence-corrected chi connectivity index (χ0v) is 13.3. The lowest BCUT2D eigenvalue weighted by molar-refractivity contribution is 0.321. The molecule has 3 nitrogen and oxygen atoms in total. The number of nitrogens with zero attached hydrogens (tertiary/aromatic N) is 1. The van der Waals surface area contributed by atoms with Crippen LogP contribution in [0.25, 0.3) is 0 Å². The summed E-state index contributed by atoms with van der Waals surface area (Å²) in [6, 6.07) is 6.07. The van der Waals surface area contributed by atoms with Crippen LogP contribution in [0.1, 0.15) is 24.5 Å². The SMILES string of the molecule is CC(C)CNCc1csc(CCOc2ccc(F)cc2)n1. The monoisotopic (exact) mass is 308 g/mol. The molecule has 1 aromatic heterocycles. The van der Waals surface area contributed by atoms with Crippen LogP contribution in [0.4, 0.5) is 4.39 Å². The van der Waals surface area contributed by atoms with Crippen molar-refractivity contribution >= 4 is 11.3 Å². The van der Waals surface area contributed by atoms with Crippen LogP contribution in [0, 0.1) is 11.7 Å². The van der Waals surface area contributed by atoms with Crippen LogP contribution in [0.3, 0.4) is 0 Å². The second-order valence-corrected chi connectivity index (χ2v) is 6.25. The van der Waals surface area contributed by atoms with Gasteiger partial charge >= 0.3 is 0 Å². The van der Waals surface area contributed by atoms with Crippen molar-refractivity contribution in [3.63, 3.8) is 0 Å². The molecule has 5 heteroatoms. The minimum Gasteiger partial charge on any atom is -0.493 e. The number of halogens is 1. The van der Waals surface area contributed by atoms with Gasteiger partial charge in [0.25, 0.3) is 0 Å². The highest BCUT2D eigenvalue weighted by atomic mass is 32.1. The fourth-order valence-corrected chi connectivity index (χ4v) is 2.60. The predicted molar refractivity (Wildman–Crippen MR) is 84.3 cm³/mol. The van der Waals surface area contributed by atoms with Crippen LogP contribution < -0.4 is 10.1 Å². The van der Waals surface area contributed by atoms with Crippen LogP contribution in [0.15, 0.2) is 29.6 Å². The first kappa shape index (κ1) is 15.9. The Morgan fingerprint density at radius 3 is 2.76 bits per heavy atom. The van der Waals surface area contributed by atoms with E-state index in [0.717, 1.165) is 30.2 Å². The molecule has 0 aliphatic rings. The van der Waals surface area contributed by atoms with Gasteiger partial charge < -0.3 is 10.1 Å². The number of nitrogens with one attached hydrogen (secondary N) is 1. The van der Waals surface area contributed by atoms with E-state index in [4.69, 9.17) is 4.74 Å². The molecule has 1 N–H and O–H groups in total. The number of rotatable bonds is 8. The number of thiazole rings is 1. The molecule has 1 aromatic carbocycles. The molecule has 0 amide bonds. The van der Waals surface area contributed by atoms with E-state index < -0.39 is 0 Å². The summed E-state index contributed by atoms with van der Waals surface area (Å²) in [6.07, 6.45) is 0.770. The molecule has 0 spiro atoms. The number of ether oxygens (including phenoxy) is 1. The van der Waals surface area contributed by atoms with Crippen molar-refractivity contribution in [2.24, 2.45) is 5.92 Å². The molecule has 0 bridgehead atoms. The highest BCUT2D eigenvalue weighted by molar-refractivity contribution is 7.09. The molecule has 2 rings (SSSR count). The average molecular weight is 308 g/mol. The van der Waals surface area contributed by atoms with Crippen molar-refractivity contribution in [3.05, 3.63) is 46.2 Å².